The summed E-state index contributed by atoms with van der Waals surface area (Å²) in [6.45, 7) is 3.69. The fourth-order valence-corrected chi connectivity index (χ4v) is 1.81. The van der Waals surface area contributed by atoms with Crippen molar-refractivity contribution in [1.82, 2.24) is 10.6 Å². The number of ketones is 1. The molecule has 1 rings (SSSR count). The number of carbonyl (C=O) groups excluding carboxylic acids is 2. The Labute approximate surface area is 124 Å². The van der Waals surface area contributed by atoms with Crippen LogP contribution in [-0.2, 0) is 4.79 Å². The van der Waals surface area contributed by atoms with Crippen LogP contribution in [0, 0.1) is 0 Å². The summed E-state index contributed by atoms with van der Waals surface area (Å²) in [6, 6.07) is 4.97. The van der Waals surface area contributed by atoms with E-state index < -0.39 is 0 Å². The van der Waals surface area contributed by atoms with Crippen molar-refractivity contribution in [3.63, 3.8) is 0 Å². The Balaban J connectivity index is 2.60. The highest BCUT2D eigenvalue weighted by Crippen LogP contribution is 2.29. The average molecular weight is 294 g/mol. The van der Waals surface area contributed by atoms with Crippen LogP contribution in [0.4, 0.5) is 4.79 Å². The summed E-state index contributed by atoms with van der Waals surface area (Å²) >= 11 is 0. The summed E-state index contributed by atoms with van der Waals surface area (Å²) in [6.07, 6.45) is 0.332. The minimum atomic E-state index is -0.307. The number of methoxy groups -OCH3 is 2. The lowest BCUT2D eigenvalue weighted by atomic mass is 10.1. The first-order chi connectivity index (χ1) is 9.97. The van der Waals surface area contributed by atoms with E-state index >= 15 is 0 Å². The highest BCUT2D eigenvalue weighted by molar-refractivity contribution is 5.78. The van der Waals surface area contributed by atoms with Gasteiger partial charge in [-0.25, -0.2) is 4.79 Å². The lowest BCUT2D eigenvalue weighted by molar-refractivity contribution is -0.116. The van der Waals surface area contributed by atoms with Crippen LogP contribution in [0.3, 0.4) is 0 Å². The van der Waals surface area contributed by atoms with Gasteiger partial charge in [-0.1, -0.05) is 6.07 Å². The topological polar surface area (TPSA) is 76.7 Å². The first-order valence-electron chi connectivity index (χ1n) is 6.73. The zero-order valence-corrected chi connectivity index (χ0v) is 12.9. The average Bonchev–Trinajstić information content (AvgIpc) is 2.45. The van der Waals surface area contributed by atoms with Gasteiger partial charge in [0.1, 0.15) is 5.78 Å². The van der Waals surface area contributed by atoms with Crippen LogP contribution in [0.5, 0.6) is 11.5 Å². The van der Waals surface area contributed by atoms with Crippen LogP contribution in [0.15, 0.2) is 18.2 Å². The molecule has 6 heteroatoms. The Morgan fingerprint density at radius 1 is 1.19 bits per heavy atom. The molecule has 0 bridgehead atoms. The van der Waals surface area contributed by atoms with Crippen molar-refractivity contribution in [2.75, 3.05) is 20.8 Å². The number of hydrogen-bond donors (Lipinski definition) is 2. The zero-order valence-electron chi connectivity index (χ0n) is 12.9. The molecule has 2 amide bonds. The van der Waals surface area contributed by atoms with Gasteiger partial charge in [-0.2, -0.15) is 0 Å². The predicted molar refractivity (Wildman–Crippen MR) is 79.8 cm³/mol. The molecular formula is C15H22N2O4. The van der Waals surface area contributed by atoms with Crippen molar-refractivity contribution in [1.29, 1.82) is 0 Å². The van der Waals surface area contributed by atoms with Crippen molar-refractivity contribution >= 4 is 11.8 Å². The highest BCUT2D eigenvalue weighted by atomic mass is 16.5. The largest absolute Gasteiger partial charge is 0.493 e. The molecule has 2 N–H and O–H groups in total. The van der Waals surface area contributed by atoms with Gasteiger partial charge in [0.15, 0.2) is 11.5 Å². The molecule has 21 heavy (non-hydrogen) atoms. The Morgan fingerprint density at radius 2 is 1.86 bits per heavy atom. The fraction of sp³-hybridized carbons (Fsp3) is 0.467. The fourth-order valence-electron chi connectivity index (χ4n) is 1.81. The van der Waals surface area contributed by atoms with E-state index in [0.717, 1.165) is 5.56 Å². The van der Waals surface area contributed by atoms with Crippen LogP contribution >= 0.6 is 0 Å². The zero-order chi connectivity index (χ0) is 15.8. The van der Waals surface area contributed by atoms with Crippen molar-refractivity contribution in [2.24, 2.45) is 0 Å². The molecule has 116 valence electrons. The molecule has 1 atom stereocenters. The van der Waals surface area contributed by atoms with Crippen LogP contribution in [0.2, 0.25) is 0 Å². The molecule has 0 aromatic heterocycles. The maximum atomic E-state index is 11.7. The predicted octanol–water partition coefficient (Wildman–Crippen LogP) is 2.04. The van der Waals surface area contributed by atoms with Gasteiger partial charge >= 0.3 is 6.03 Å². The summed E-state index contributed by atoms with van der Waals surface area (Å²) in [5, 5.41) is 5.44. The maximum Gasteiger partial charge on any atom is 0.315 e. The van der Waals surface area contributed by atoms with Gasteiger partial charge in [0.2, 0.25) is 0 Å². The number of benzene rings is 1. The maximum absolute atomic E-state index is 11.7. The first-order valence-corrected chi connectivity index (χ1v) is 6.73. The molecule has 1 unspecified atom stereocenters. The van der Waals surface area contributed by atoms with E-state index in [-0.39, 0.29) is 17.9 Å². The van der Waals surface area contributed by atoms with Crippen LogP contribution in [0.25, 0.3) is 0 Å². The summed E-state index contributed by atoms with van der Waals surface area (Å²) < 4.78 is 10.4. The molecule has 0 aliphatic carbocycles. The second-order valence-corrected chi connectivity index (χ2v) is 4.69. The molecule has 0 aliphatic rings. The molecule has 0 saturated carbocycles. The molecule has 0 radical (unpaired) electrons. The van der Waals surface area contributed by atoms with E-state index in [0.29, 0.717) is 24.5 Å². The Hall–Kier alpha value is -2.24. The van der Waals surface area contributed by atoms with E-state index in [2.05, 4.69) is 10.6 Å². The third-order valence-electron chi connectivity index (χ3n) is 3.02. The molecule has 0 spiro atoms. The summed E-state index contributed by atoms with van der Waals surface area (Å²) in [5.41, 5.74) is 0.898. The molecule has 0 saturated heterocycles. The number of amides is 2. The summed E-state index contributed by atoms with van der Waals surface area (Å²) in [4.78, 5) is 22.5. The number of rotatable bonds is 7. The normalized spacial score (nSPS) is 11.4. The number of Topliss-reactive ketones (excluding diaryl/α,β-unsaturated/α-hetero) is 1. The van der Waals surface area contributed by atoms with E-state index in [1.165, 1.54) is 6.92 Å². The third kappa shape index (κ3) is 5.33. The number of carbonyl (C=O) groups is 2. The molecule has 0 heterocycles. The van der Waals surface area contributed by atoms with E-state index in [1.807, 2.05) is 19.1 Å². The minimum Gasteiger partial charge on any atom is -0.493 e. The lowest BCUT2D eigenvalue weighted by Gasteiger charge is -2.17. The van der Waals surface area contributed by atoms with Gasteiger partial charge in [-0.15, -0.1) is 0 Å². The quantitative estimate of drug-likeness (QED) is 0.807. The van der Waals surface area contributed by atoms with Crippen molar-refractivity contribution in [3.8, 4) is 11.5 Å². The number of nitrogens with one attached hydrogen (secondary N) is 2. The number of hydrogen-bond acceptors (Lipinski definition) is 4. The molecule has 0 fully saturated rings. The second kappa shape index (κ2) is 8.14. The molecular weight excluding hydrogens is 272 g/mol. The van der Waals surface area contributed by atoms with E-state index in [9.17, 15) is 9.59 Å². The number of urea groups is 1. The van der Waals surface area contributed by atoms with Gasteiger partial charge in [-0.3, -0.25) is 4.79 Å². The first kappa shape index (κ1) is 16.8. The van der Waals surface area contributed by atoms with Crippen molar-refractivity contribution in [3.05, 3.63) is 23.8 Å². The van der Waals surface area contributed by atoms with E-state index in [1.54, 1.807) is 20.3 Å². The van der Waals surface area contributed by atoms with Gasteiger partial charge in [0.25, 0.3) is 0 Å². The molecule has 1 aromatic rings. The van der Waals surface area contributed by atoms with Crippen LogP contribution in [0.1, 0.15) is 31.9 Å². The van der Waals surface area contributed by atoms with Crippen molar-refractivity contribution in [2.45, 2.75) is 26.3 Å². The smallest absolute Gasteiger partial charge is 0.315 e. The second-order valence-electron chi connectivity index (χ2n) is 4.69. The highest BCUT2D eigenvalue weighted by Gasteiger charge is 2.12. The third-order valence-corrected chi connectivity index (χ3v) is 3.02. The Kier molecular flexibility index (Phi) is 6.52. The van der Waals surface area contributed by atoms with Crippen LogP contribution < -0.4 is 20.1 Å². The summed E-state index contributed by atoms with van der Waals surface area (Å²) in [7, 11) is 3.13. The van der Waals surface area contributed by atoms with Gasteiger partial charge in [0, 0.05) is 13.0 Å². The van der Waals surface area contributed by atoms with Gasteiger partial charge < -0.3 is 20.1 Å². The Morgan fingerprint density at radius 3 is 2.43 bits per heavy atom. The standard InChI is InChI=1S/C15H22N2O4/c1-10(18)7-8-16-15(19)17-11(2)12-5-6-13(20-3)14(9-12)21-4/h5-6,9,11H,7-8H2,1-4H3,(H2,16,17,19). The minimum absolute atomic E-state index is 0.0447. The SMILES string of the molecule is COc1ccc(C(C)NC(=O)NCCC(C)=O)cc1OC. The summed E-state index contributed by atoms with van der Waals surface area (Å²) in [5.74, 6) is 1.29. The Bertz CT molecular complexity index is 502. The number of ether oxygens (including phenoxy) is 2. The monoisotopic (exact) mass is 294 g/mol. The lowest BCUT2D eigenvalue weighted by Crippen LogP contribution is -2.37. The van der Waals surface area contributed by atoms with Gasteiger partial charge in [0.05, 0.1) is 20.3 Å². The molecule has 0 aliphatic heterocycles. The van der Waals surface area contributed by atoms with Crippen molar-refractivity contribution < 1.29 is 19.1 Å². The molecule has 6 nitrogen and oxygen atoms in total. The van der Waals surface area contributed by atoms with Gasteiger partial charge in [-0.05, 0) is 31.5 Å². The van der Waals surface area contributed by atoms with E-state index in [4.69, 9.17) is 9.47 Å². The molecule has 1 aromatic carbocycles. The van der Waals surface area contributed by atoms with Crippen LogP contribution in [-0.4, -0.2) is 32.6 Å².